The SMILES string of the molecule is FC(F)(F)F.[F][Fe][F]. The van der Waals surface area contributed by atoms with Crippen LogP contribution in [-0.4, -0.2) is 6.43 Å². The predicted molar refractivity (Wildman–Crippen MR) is 9.38 cm³/mol. The fraction of sp³-hybridized carbons (Fsp3) is 1.00. The van der Waals surface area contributed by atoms with Crippen LogP contribution in [0.4, 0.5) is 24.7 Å². The molecule has 7 heteroatoms. The molecule has 0 spiro atoms. The first kappa shape index (κ1) is 11.0. The first-order chi connectivity index (χ1) is 3.41. The molecule has 0 rings (SSSR count). The van der Waals surface area contributed by atoms with Gasteiger partial charge in [0.05, 0.1) is 0 Å². The molecule has 0 unspecified atom stereocenters. The molecule has 0 aliphatic carbocycles. The first-order valence-electron chi connectivity index (χ1n) is 1.02. The van der Waals surface area contributed by atoms with Gasteiger partial charge in [0.2, 0.25) is 0 Å². The Balaban J connectivity index is 0. The van der Waals surface area contributed by atoms with Crippen molar-refractivity contribution in [2.75, 3.05) is 0 Å². The van der Waals surface area contributed by atoms with Crippen LogP contribution in [0.25, 0.3) is 0 Å². The number of alkyl halides is 4. The minimum atomic E-state index is -5.50. The Bertz CT molecular complexity index is 32.3. The van der Waals surface area contributed by atoms with E-state index in [-0.39, 0.29) is 0 Å². The van der Waals surface area contributed by atoms with Crippen molar-refractivity contribution in [3.8, 4) is 0 Å². The first-order valence-corrected chi connectivity index (χ1v) is 1.86. The maximum atomic E-state index is 9.69. The Labute approximate surface area is 47.9 Å². The Morgan fingerprint density at radius 3 is 0.875 bits per heavy atom. The Hall–Kier alpha value is 0.0995. The van der Waals surface area contributed by atoms with Crippen LogP contribution in [0.3, 0.4) is 0 Å². The van der Waals surface area contributed by atoms with Crippen molar-refractivity contribution in [2.24, 2.45) is 0 Å². The Morgan fingerprint density at radius 2 is 0.875 bits per heavy atom. The van der Waals surface area contributed by atoms with E-state index in [1.807, 2.05) is 0 Å². The van der Waals surface area contributed by atoms with Crippen LogP contribution in [0.15, 0.2) is 0 Å². The van der Waals surface area contributed by atoms with E-state index in [1.165, 1.54) is 0 Å². The summed E-state index contributed by atoms with van der Waals surface area (Å²) in [7, 11) is 0. The van der Waals surface area contributed by atoms with Crippen LogP contribution >= 0.6 is 0 Å². The molecule has 0 aliphatic heterocycles. The zero-order valence-corrected chi connectivity index (χ0v) is 4.23. The molecular weight excluding hydrogens is 182 g/mol. The van der Waals surface area contributed by atoms with Gasteiger partial charge in [0.1, 0.15) is 0 Å². The van der Waals surface area contributed by atoms with Gasteiger partial charge in [0.15, 0.2) is 0 Å². The fourth-order valence-electron chi connectivity index (χ4n) is 0. The molecule has 0 heterocycles. The zero-order valence-electron chi connectivity index (χ0n) is 3.12. The summed E-state index contributed by atoms with van der Waals surface area (Å²) in [6.45, 7) is 0. The number of halogens is 6. The van der Waals surface area contributed by atoms with Gasteiger partial charge in [-0.05, 0) is 0 Å². The van der Waals surface area contributed by atoms with Gasteiger partial charge < -0.3 is 0 Å². The van der Waals surface area contributed by atoms with Gasteiger partial charge in [0, 0.05) is 0 Å². The molecule has 0 aromatic carbocycles. The van der Waals surface area contributed by atoms with Crippen molar-refractivity contribution in [2.45, 2.75) is 6.43 Å². The Morgan fingerprint density at radius 1 is 0.875 bits per heavy atom. The number of hydrogen-bond acceptors (Lipinski definition) is 0. The summed E-state index contributed by atoms with van der Waals surface area (Å²) in [5.74, 6) is 0. The standard InChI is InChI=1S/CF4.2FH.Fe/c2-1(3,4)5;;;/h;2*1H;/q;;;+2/p-2. The van der Waals surface area contributed by atoms with Gasteiger partial charge >= 0.3 is 29.4 Å². The van der Waals surface area contributed by atoms with Crippen molar-refractivity contribution in [3.63, 3.8) is 0 Å². The Kier molecular flexibility index (Phi) is 7.19. The van der Waals surface area contributed by atoms with E-state index in [1.54, 1.807) is 0 Å². The molecule has 0 fully saturated rings. The van der Waals surface area contributed by atoms with Crippen molar-refractivity contribution in [1.82, 2.24) is 0 Å². The van der Waals surface area contributed by atoms with Gasteiger partial charge in [0.25, 0.3) is 0 Å². The minimum absolute atomic E-state index is 1.75. The molecule has 0 aromatic heterocycles. The maximum absolute atomic E-state index is 9.69. The van der Waals surface area contributed by atoms with E-state index < -0.39 is 22.3 Å². The molecule has 54 valence electrons. The molecular formula is CF6Fe. The van der Waals surface area contributed by atoms with Gasteiger partial charge in [-0.25, -0.2) is 0 Å². The molecule has 0 radical (unpaired) electrons. The van der Waals surface area contributed by atoms with Crippen LogP contribution in [0.2, 0.25) is 0 Å². The summed E-state index contributed by atoms with van der Waals surface area (Å²) in [5, 5.41) is 0. The topological polar surface area (TPSA) is 0 Å². The molecule has 0 saturated carbocycles. The van der Waals surface area contributed by atoms with Crippen LogP contribution in [0, 0.1) is 0 Å². The van der Waals surface area contributed by atoms with E-state index in [9.17, 15) is 24.7 Å². The monoisotopic (exact) mass is 182 g/mol. The van der Waals surface area contributed by atoms with Gasteiger partial charge in [-0.1, -0.05) is 0 Å². The molecule has 0 aliphatic rings. The van der Waals surface area contributed by atoms with E-state index in [2.05, 4.69) is 0 Å². The summed E-state index contributed by atoms with van der Waals surface area (Å²) >= 11 is -1.75. The van der Waals surface area contributed by atoms with E-state index in [4.69, 9.17) is 0 Å². The second-order valence-electron chi connectivity index (χ2n) is 0.479. The average molecular weight is 182 g/mol. The summed E-state index contributed by atoms with van der Waals surface area (Å²) in [6, 6.07) is 0. The normalized spacial score (nSPS) is 10.2. The van der Waals surface area contributed by atoms with Crippen molar-refractivity contribution in [1.29, 1.82) is 0 Å². The van der Waals surface area contributed by atoms with Crippen molar-refractivity contribution < 1.29 is 40.5 Å². The van der Waals surface area contributed by atoms with Crippen LogP contribution in [0.1, 0.15) is 0 Å². The summed E-state index contributed by atoms with van der Waals surface area (Å²) < 4.78 is 58.0. The van der Waals surface area contributed by atoms with Gasteiger partial charge in [-0.15, -0.1) is 17.6 Å². The zero-order chi connectivity index (χ0) is 7.21. The summed E-state index contributed by atoms with van der Waals surface area (Å²) in [5.41, 5.74) is 0. The molecule has 0 bridgehead atoms. The summed E-state index contributed by atoms with van der Waals surface area (Å²) in [6.07, 6.45) is -5.50. The second-order valence-corrected chi connectivity index (χ2v) is 0.637. The van der Waals surface area contributed by atoms with Gasteiger partial charge in [-0.2, -0.15) is 0 Å². The summed E-state index contributed by atoms with van der Waals surface area (Å²) in [4.78, 5) is 0. The van der Waals surface area contributed by atoms with Gasteiger partial charge in [-0.3, -0.25) is 0 Å². The fourth-order valence-corrected chi connectivity index (χ4v) is 0. The van der Waals surface area contributed by atoms with E-state index in [0.717, 1.165) is 0 Å². The molecule has 0 atom stereocenters. The third-order valence-electron chi connectivity index (χ3n) is 0. The van der Waals surface area contributed by atoms with Crippen molar-refractivity contribution in [3.05, 3.63) is 0 Å². The third kappa shape index (κ3) is 16000. The van der Waals surface area contributed by atoms with E-state index in [0.29, 0.717) is 0 Å². The van der Waals surface area contributed by atoms with Crippen molar-refractivity contribution >= 4 is 0 Å². The number of rotatable bonds is 0. The quantitative estimate of drug-likeness (QED) is 0.398. The average Bonchev–Trinajstić information content (AvgIpc) is 1.27. The van der Waals surface area contributed by atoms with Crippen LogP contribution in [0.5, 0.6) is 0 Å². The van der Waals surface area contributed by atoms with Crippen LogP contribution in [-0.2, 0) is 15.9 Å². The molecule has 0 nitrogen and oxygen atoms in total. The van der Waals surface area contributed by atoms with E-state index >= 15 is 0 Å². The molecule has 0 N–H and O–H groups in total. The third-order valence-corrected chi connectivity index (χ3v) is 0. The molecule has 0 amide bonds. The molecule has 8 heavy (non-hydrogen) atoms. The predicted octanol–water partition coefficient (Wildman–Crippen LogP) is 2.31. The van der Waals surface area contributed by atoms with Crippen LogP contribution < -0.4 is 0 Å². The number of hydrogen-bond donors (Lipinski definition) is 0. The molecule has 0 saturated heterocycles. The second kappa shape index (κ2) is 5.24. The molecule has 0 aromatic rings.